The Morgan fingerprint density at radius 3 is 2.79 bits per heavy atom. The number of hydrogen-bond donors (Lipinski definition) is 1. The van der Waals surface area contributed by atoms with Gasteiger partial charge in [0.2, 0.25) is 0 Å². The van der Waals surface area contributed by atoms with Gasteiger partial charge in [0.25, 0.3) is 0 Å². The predicted octanol–water partition coefficient (Wildman–Crippen LogP) is 2.50. The third-order valence-electron chi connectivity index (χ3n) is 2.64. The Balaban J connectivity index is 2.08. The molecule has 0 aromatic carbocycles. The summed E-state index contributed by atoms with van der Waals surface area (Å²) in [6.07, 6.45) is 3.12. The van der Waals surface area contributed by atoms with E-state index in [-0.39, 0.29) is 6.10 Å². The van der Waals surface area contributed by atoms with Gasteiger partial charge in [-0.05, 0) is 29.8 Å². The first kappa shape index (κ1) is 10.1. The van der Waals surface area contributed by atoms with Gasteiger partial charge in [-0.25, -0.2) is 0 Å². The zero-order valence-electron chi connectivity index (χ0n) is 8.60. The quantitative estimate of drug-likeness (QED) is 0.834. The minimum atomic E-state index is -0.333. The van der Waals surface area contributed by atoms with Gasteiger partial charge >= 0.3 is 0 Å². The Morgan fingerprint density at radius 2 is 2.21 bits per heavy atom. The molecule has 0 bridgehead atoms. The van der Waals surface area contributed by atoms with Gasteiger partial charge in [-0.2, -0.15) is 0 Å². The molecular formula is C10H16N2OS. The lowest BCUT2D eigenvalue weighted by molar-refractivity contribution is 0.162. The highest BCUT2D eigenvalue weighted by atomic mass is 32.1. The molecule has 14 heavy (non-hydrogen) atoms. The summed E-state index contributed by atoms with van der Waals surface area (Å²) in [6, 6.07) is 0. The van der Waals surface area contributed by atoms with Gasteiger partial charge in [0.15, 0.2) is 0 Å². The molecule has 1 fully saturated rings. The number of hydrogen-bond acceptors (Lipinski definition) is 4. The van der Waals surface area contributed by atoms with Crippen LogP contribution in [0.4, 0.5) is 0 Å². The van der Waals surface area contributed by atoms with Gasteiger partial charge in [-0.15, -0.1) is 5.10 Å². The molecule has 1 atom stereocenters. The summed E-state index contributed by atoms with van der Waals surface area (Å²) in [7, 11) is 0. The van der Waals surface area contributed by atoms with Gasteiger partial charge in [0.1, 0.15) is 0 Å². The summed E-state index contributed by atoms with van der Waals surface area (Å²) in [5.74, 6) is 1.10. The number of aliphatic hydroxyl groups excluding tert-OH is 1. The van der Waals surface area contributed by atoms with E-state index in [0.717, 1.165) is 22.9 Å². The molecule has 0 spiro atoms. The summed E-state index contributed by atoms with van der Waals surface area (Å²) < 4.78 is 3.92. The van der Waals surface area contributed by atoms with Crippen LogP contribution < -0.4 is 0 Å². The van der Waals surface area contributed by atoms with Crippen molar-refractivity contribution in [3.05, 3.63) is 10.6 Å². The molecule has 1 aromatic rings. The topological polar surface area (TPSA) is 46.0 Å². The van der Waals surface area contributed by atoms with Gasteiger partial charge in [0, 0.05) is 0 Å². The van der Waals surface area contributed by atoms with Crippen molar-refractivity contribution in [2.24, 2.45) is 5.92 Å². The van der Waals surface area contributed by atoms with Crippen molar-refractivity contribution in [1.29, 1.82) is 0 Å². The van der Waals surface area contributed by atoms with E-state index in [1.807, 2.05) is 0 Å². The van der Waals surface area contributed by atoms with Gasteiger partial charge < -0.3 is 5.11 Å². The summed E-state index contributed by atoms with van der Waals surface area (Å²) in [6.45, 7) is 4.17. The van der Waals surface area contributed by atoms with E-state index in [1.54, 1.807) is 0 Å². The molecule has 4 heteroatoms. The summed E-state index contributed by atoms with van der Waals surface area (Å²) >= 11 is 1.34. The van der Waals surface area contributed by atoms with Crippen LogP contribution in [0.15, 0.2) is 0 Å². The van der Waals surface area contributed by atoms with Crippen LogP contribution in [0, 0.1) is 5.92 Å². The molecule has 1 N–H and O–H groups in total. The maximum atomic E-state index is 9.98. The molecule has 1 unspecified atom stereocenters. The Morgan fingerprint density at radius 1 is 1.50 bits per heavy atom. The van der Waals surface area contributed by atoms with Crippen LogP contribution in [0.1, 0.15) is 55.7 Å². The standard InChI is InChI=1S/C10H16N2OS/c1-6(2)9-10(14-12-11-9)8(13)5-7-3-4-7/h6-8,13H,3-5H2,1-2H3. The fourth-order valence-corrected chi connectivity index (χ4v) is 2.42. The molecule has 0 radical (unpaired) electrons. The van der Waals surface area contributed by atoms with Crippen molar-refractivity contribution >= 4 is 11.5 Å². The van der Waals surface area contributed by atoms with Crippen molar-refractivity contribution < 1.29 is 5.11 Å². The molecule has 0 amide bonds. The Hall–Kier alpha value is -0.480. The molecule has 1 aliphatic rings. The monoisotopic (exact) mass is 212 g/mol. The van der Waals surface area contributed by atoms with Crippen LogP contribution in [0.2, 0.25) is 0 Å². The zero-order chi connectivity index (χ0) is 10.1. The SMILES string of the molecule is CC(C)c1nnsc1C(O)CC1CC1. The van der Waals surface area contributed by atoms with Crippen molar-refractivity contribution in [2.75, 3.05) is 0 Å². The first-order chi connectivity index (χ1) is 6.68. The average Bonchev–Trinajstić information content (AvgIpc) is 2.81. The minimum absolute atomic E-state index is 0.333. The lowest BCUT2D eigenvalue weighted by atomic mass is 10.0. The summed E-state index contributed by atoms with van der Waals surface area (Å²) in [5, 5.41) is 14.1. The van der Waals surface area contributed by atoms with Gasteiger partial charge in [-0.1, -0.05) is 31.2 Å². The highest BCUT2D eigenvalue weighted by Gasteiger charge is 2.28. The first-order valence-electron chi connectivity index (χ1n) is 5.18. The molecular weight excluding hydrogens is 196 g/mol. The smallest absolute Gasteiger partial charge is 0.0919 e. The molecule has 0 aliphatic heterocycles. The van der Waals surface area contributed by atoms with Crippen LogP contribution in [0.25, 0.3) is 0 Å². The van der Waals surface area contributed by atoms with E-state index in [2.05, 4.69) is 23.4 Å². The number of nitrogens with zero attached hydrogens (tertiary/aromatic N) is 2. The third-order valence-corrected chi connectivity index (χ3v) is 3.48. The second kappa shape index (κ2) is 3.95. The molecule has 3 nitrogen and oxygen atoms in total. The normalized spacial score (nSPS) is 18.9. The molecule has 1 heterocycles. The second-order valence-electron chi connectivity index (χ2n) is 4.37. The number of aliphatic hydroxyl groups is 1. The van der Waals surface area contributed by atoms with Crippen LogP contribution in [-0.4, -0.2) is 14.7 Å². The van der Waals surface area contributed by atoms with Crippen LogP contribution in [0.5, 0.6) is 0 Å². The molecule has 1 aromatic heterocycles. The first-order valence-corrected chi connectivity index (χ1v) is 5.96. The van der Waals surface area contributed by atoms with E-state index < -0.39 is 0 Å². The number of rotatable bonds is 4. The van der Waals surface area contributed by atoms with Crippen molar-refractivity contribution in [1.82, 2.24) is 9.59 Å². The van der Waals surface area contributed by atoms with Gasteiger partial charge in [-0.3, -0.25) is 0 Å². The van der Waals surface area contributed by atoms with Gasteiger partial charge in [0.05, 0.1) is 16.7 Å². The van der Waals surface area contributed by atoms with Crippen LogP contribution in [-0.2, 0) is 0 Å². The molecule has 1 aliphatic carbocycles. The van der Waals surface area contributed by atoms with E-state index in [4.69, 9.17) is 0 Å². The van der Waals surface area contributed by atoms with Crippen molar-refractivity contribution in [2.45, 2.75) is 45.1 Å². The predicted molar refractivity (Wildman–Crippen MR) is 56.3 cm³/mol. The van der Waals surface area contributed by atoms with E-state index in [9.17, 15) is 5.11 Å². The Kier molecular flexibility index (Phi) is 2.83. The fraction of sp³-hybridized carbons (Fsp3) is 0.800. The summed E-state index contributed by atoms with van der Waals surface area (Å²) in [4.78, 5) is 0.979. The zero-order valence-corrected chi connectivity index (χ0v) is 9.42. The largest absolute Gasteiger partial charge is 0.387 e. The third kappa shape index (κ3) is 2.12. The average molecular weight is 212 g/mol. The highest BCUT2D eigenvalue weighted by Crippen LogP contribution is 2.39. The van der Waals surface area contributed by atoms with E-state index >= 15 is 0 Å². The lowest BCUT2D eigenvalue weighted by Crippen LogP contribution is -2.01. The maximum Gasteiger partial charge on any atom is 0.0919 e. The maximum absolute atomic E-state index is 9.98. The van der Waals surface area contributed by atoms with Crippen molar-refractivity contribution in [3.8, 4) is 0 Å². The molecule has 0 saturated heterocycles. The van der Waals surface area contributed by atoms with Crippen LogP contribution in [0.3, 0.4) is 0 Å². The highest BCUT2D eigenvalue weighted by molar-refractivity contribution is 7.05. The molecule has 78 valence electrons. The second-order valence-corrected chi connectivity index (χ2v) is 5.16. The Bertz CT molecular complexity index is 307. The lowest BCUT2D eigenvalue weighted by Gasteiger charge is -2.10. The molecule has 1 saturated carbocycles. The minimum Gasteiger partial charge on any atom is -0.387 e. The van der Waals surface area contributed by atoms with E-state index in [0.29, 0.717) is 5.92 Å². The van der Waals surface area contributed by atoms with Crippen molar-refractivity contribution in [3.63, 3.8) is 0 Å². The van der Waals surface area contributed by atoms with E-state index in [1.165, 1.54) is 24.4 Å². The Labute approximate surface area is 88.3 Å². The molecule has 2 rings (SSSR count). The number of aromatic nitrogens is 2. The summed E-state index contributed by atoms with van der Waals surface area (Å²) in [5.41, 5.74) is 0.975. The fourth-order valence-electron chi connectivity index (χ4n) is 1.61. The van der Waals surface area contributed by atoms with Crippen LogP contribution >= 0.6 is 11.5 Å².